The van der Waals surface area contributed by atoms with Crippen LogP contribution in [0.2, 0.25) is 0 Å². The number of hydrogen-bond acceptors (Lipinski definition) is 3. The lowest BCUT2D eigenvalue weighted by Gasteiger charge is -2.11. The third-order valence-corrected chi connectivity index (χ3v) is 9.55. The van der Waals surface area contributed by atoms with Crippen LogP contribution < -0.4 is 0 Å². The van der Waals surface area contributed by atoms with E-state index in [0.29, 0.717) is 0 Å². The Morgan fingerprint density at radius 1 is 0.409 bits per heavy atom. The van der Waals surface area contributed by atoms with Crippen molar-refractivity contribution in [1.29, 1.82) is 0 Å². The molecule has 0 bridgehead atoms. The van der Waals surface area contributed by atoms with Crippen molar-refractivity contribution in [2.24, 2.45) is 0 Å². The summed E-state index contributed by atoms with van der Waals surface area (Å²) in [6.07, 6.45) is 0. The van der Waals surface area contributed by atoms with Crippen molar-refractivity contribution in [3.8, 4) is 39.6 Å². The SMILES string of the molecule is c1ccc(-c2cc(-c3ccc4c5ccccc5n(-c5ccccc5)c4c3)nc(-c3ccc4c(c3)sc3ccccc34)n2)cc1. The molecule has 3 heterocycles. The Bertz CT molecular complexity index is 2490. The Kier molecular flexibility index (Phi) is 5.68. The van der Waals surface area contributed by atoms with E-state index in [1.54, 1.807) is 0 Å². The molecule has 9 aromatic rings. The minimum atomic E-state index is 0.726. The molecule has 4 heteroatoms. The van der Waals surface area contributed by atoms with Crippen molar-refractivity contribution in [3.05, 3.63) is 152 Å². The molecule has 0 fully saturated rings. The van der Waals surface area contributed by atoms with E-state index in [9.17, 15) is 0 Å². The maximum Gasteiger partial charge on any atom is 0.160 e. The molecule has 0 radical (unpaired) electrons. The molecule has 6 aromatic carbocycles. The summed E-state index contributed by atoms with van der Waals surface area (Å²) in [7, 11) is 0. The molecule has 3 nitrogen and oxygen atoms in total. The van der Waals surface area contributed by atoms with Crippen LogP contribution in [0.25, 0.3) is 81.6 Å². The van der Waals surface area contributed by atoms with Gasteiger partial charge in [-0.3, -0.25) is 0 Å². The summed E-state index contributed by atoms with van der Waals surface area (Å²) >= 11 is 1.82. The van der Waals surface area contributed by atoms with Crippen LogP contribution in [0, 0.1) is 0 Å². The third kappa shape index (κ3) is 4.03. The molecule has 0 aliphatic heterocycles. The number of hydrogen-bond donors (Lipinski definition) is 0. The van der Waals surface area contributed by atoms with E-state index in [1.165, 1.54) is 36.5 Å². The van der Waals surface area contributed by atoms with Gasteiger partial charge in [-0.25, -0.2) is 9.97 Å². The van der Waals surface area contributed by atoms with Gasteiger partial charge < -0.3 is 4.57 Å². The van der Waals surface area contributed by atoms with Gasteiger partial charge in [-0.15, -0.1) is 11.3 Å². The van der Waals surface area contributed by atoms with E-state index in [-0.39, 0.29) is 0 Å². The first-order valence-electron chi connectivity index (χ1n) is 14.8. The summed E-state index contributed by atoms with van der Waals surface area (Å²) in [5.41, 5.74) is 8.44. The number of fused-ring (bicyclic) bond motifs is 6. The van der Waals surface area contributed by atoms with Crippen molar-refractivity contribution in [2.75, 3.05) is 0 Å². The van der Waals surface area contributed by atoms with E-state index in [2.05, 4.69) is 150 Å². The van der Waals surface area contributed by atoms with Crippen molar-refractivity contribution in [3.63, 3.8) is 0 Å². The molecule has 206 valence electrons. The number of benzene rings is 6. The van der Waals surface area contributed by atoms with Crippen molar-refractivity contribution >= 4 is 53.3 Å². The average molecular weight is 580 g/mol. The Morgan fingerprint density at radius 2 is 1.02 bits per heavy atom. The summed E-state index contributed by atoms with van der Waals surface area (Å²) in [6.45, 7) is 0. The molecule has 44 heavy (non-hydrogen) atoms. The van der Waals surface area contributed by atoms with Crippen LogP contribution in [-0.2, 0) is 0 Å². The van der Waals surface area contributed by atoms with Crippen LogP contribution in [-0.4, -0.2) is 14.5 Å². The summed E-state index contributed by atoms with van der Waals surface area (Å²) in [5, 5.41) is 5.03. The fraction of sp³-hybridized carbons (Fsp3) is 0. The molecule has 0 spiro atoms. The zero-order valence-corrected chi connectivity index (χ0v) is 24.5. The van der Waals surface area contributed by atoms with Crippen LogP contribution in [0.15, 0.2) is 152 Å². The quantitative estimate of drug-likeness (QED) is 0.208. The fourth-order valence-corrected chi connectivity index (χ4v) is 7.48. The molecule has 0 saturated heterocycles. The number of aromatic nitrogens is 3. The maximum absolute atomic E-state index is 5.21. The van der Waals surface area contributed by atoms with E-state index >= 15 is 0 Å². The van der Waals surface area contributed by atoms with Crippen LogP contribution in [0.4, 0.5) is 0 Å². The van der Waals surface area contributed by atoms with Gasteiger partial charge in [0.1, 0.15) is 0 Å². The smallest absolute Gasteiger partial charge is 0.160 e. The van der Waals surface area contributed by atoms with E-state index in [1.807, 2.05) is 17.4 Å². The van der Waals surface area contributed by atoms with Gasteiger partial charge in [-0.05, 0) is 42.5 Å². The van der Waals surface area contributed by atoms with Gasteiger partial charge in [-0.2, -0.15) is 0 Å². The fourth-order valence-electron chi connectivity index (χ4n) is 6.33. The highest BCUT2D eigenvalue weighted by Crippen LogP contribution is 2.38. The van der Waals surface area contributed by atoms with Crippen molar-refractivity contribution < 1.29 is 0 Å². The molecule has 0 atom stereocenters. The lowest BCUT2D eigenvalue weighted by atomic mass is 10.0. The minimum absolute atomic E-state index is 0.726. The highest BCUT2D eigenvalue weighted by molar-refractivity contribution is 7.25. The Morgan fingerprint density at radius 3 is 1.86 bits per heavy atom. The molecule has 0 unspecified atom stereocenters. The van der Waals surface area contributed by atoms with Crippen LogP contribution in [0.3, 0.4) is 0 Å². The summed E-state index contributed by atoms with van der Waals surface area (Å²) in [5.74, 6) is 0.726. The van der Waals surface area contributed by atoms with Gasteiger partial charge >= 0.3 is 0 Å². The Labute approximate surface area is 258 Å². The molecule has 3 aromatic heterocycles. The summed E-state index contributed by atoms with van der Waals surface area (Å²) in [4.78, 5) is 10.3. The summed E-state index contributed by atoms with van der Waals surface area (Å²) in [6, 6.07) is 53.6. The van der Waals surface area contributed by atoms with E-state index in [0.717, 1.165) is 45.1 Å². The first-order valence-corrected chi connectivity index (χ1v) is 15.6. The lowest BCUT2D eigenvalue weighted by molar-refractivity contribution is 1.17. The number of thiophene rings is 1. The van der Waals surface area contributed by atoms with Crippen LogP contribution in [0.5, 0.6) is 0 Å². The first-order chi connectivity index (χ1) is 21.8. The second-order valence-electron chi connectivity index (χ2n) is 11.1. The normalized spacial score (nSPS) is 11.6. The monoisotopic (exact) mass is 579 g/mol. The van der Waals surface area contributed by atoms with Gasteiger partial charge in [0, 0.05) is 53.3 Å². The van der Waals surface area contributed by atoms with Crippen LogP contribution in [0.1, 0.15) is 0 Å². The summed E-state index contributed by atoms with van der Waals surface area (Å²) < 4.78 is 4.89. The third-order valence-electron chi connectivity index (χ3n) is 8.42. The molecule has 9 rings (SSSR count). The van der Waals surface area contributed by atoms with Gasteiger partial charge in [0.05, 0.1) is 22.4 Å². The molecule has 0 N–H and O–H groups in total. The average Bonchev–Trinajstić information content (AvgIpc) is 3.64. The topological polar surface area (TPSA) is 30.7 Å². The predicted octanol–water partition coefficient (Wildman–Crippen LogP) is 10.9. The zero-order chi connectivity index (χ0) is 29.0. The number of nitrogens with zero attached hydrogens (tertiary/aromatic N) is 3. The molecule has 0 aliphatic carbocycles. The number of rotatable bonds is 4. The van der Waals surface area contributed by atoms with Crippen molar-refractivity contribution in [2.45, 2.75) is 0 Å². The van der Waals surface area contributed by atoms with Crippen LogP contribution >= 0.6 is 11.3 Å². The Hall–Kier alpha value is -5.58. The second kappa shape index (κ2) is 10.0. The predicted molar refractivity (Wildman–Crippen MR) is 186 cm³/mol. The molecule has 0 saturated carbocycles. The van der Waals surface area contributed by atoms with E-state index < -0.39 is 0 Å². The van der Waals surface area contributed by atoms with Gasteiger partial charge in [-0.1, -0.05) is 109 Å². The molecular formula is C40H25N3S. The second-order valence-corrected chi connectivity index (χ2v) is 12.1. The number of para-hydroxylation sites is 2. The maximum atomic E-state index is 5.21. The highest BCUT2D eigenvalue weighted by atomic mass is 32.1. The van der Waals surface area contributed by atoms with Gasteiger partial charge in [0.2, 0.25) is 0 Å². The minimum Gasteiger partial charge on any atom is -0.309 e. The van der Waals surface area contributed by atoms with Gasteiger partial charge in [0.15, 0.2) is 5.82 Å². The lowest BCUT2D eigenvalue weighted by Crippen LogP contribution is -1.97. The molecule has 0 aliphatic rings. The molecule has 0 amide bonds. The highest BCUT2D eigenvalue weighted by Gasteiger charge is 2.16. The Balaban J connectivity index is 1.27. The molecular weight excluding hydrogens is 555 g/mol. The zero-order valence-electron chi connectivity index (χ0n) is 23.7. The standard InChI is InChI=1S/C40H25N3S/c1-3-11-26(12-4-1)34-25-35(42-40(41-34)28-20-22-33-32-16-8-10-18-38(32)44-39(33)24-28)27-19-21-31-30-15-7-9-17-36(30)43(37(31)23-27)29-13-5-2-6-14-29/h1-25H. The van der Waals surface area contributed by atoms with E-state index in [4.69, 9.17) is 9.97 Å². The largest absolute Gasteiger partial charge is 0.309 e. The first kappa shape index (κ1) is 25.0. The van der Waals surface area contributed by atoms with Crippen molar-refractivity contribution in [1.82, 2.24) is 14.5 Å². The van der Waals surface area contributed by atoms with Gasteiger partial charge in [0.25, 0.3) is 0 Å².